The first-order valence-corrected chi connectivity index (χ1v) is 10.8. The summed E-state index contributed by atoms with van der Waals surface area (Å²) in [6.45, 7) is 9.36. The van der Waals surface area contributed by atoms with E-state index in [-0.39, 0.29) is 0 Å². The van der Waals surface area contributed by atoms with E-state index in [4.69, 9.17) is 9.47 Å². The Labute approximate surface area is 182 Å². The molecule has 3 aromatic rings. The third kappa shape index (κ3) is 3.90. The van der Waals surface area contributed by atoms with Crippen molar-refractivity contribution in [3.8, 4) is 11.8 Å². The molecule has 0 bridgehead atoms. The highest BCUT2D eigenvalue weighted by molar-refractivity contribution is 5.85. The normalized spacial score (nSPS) is 18.0. The lowest BCUT2D eigenvalue weighted by Gasteiger charge is -2.35. The van der Waals surface area contributed by atoms with Crippen LogP contribution in [0.3, 0.4) is 0 Å². The minimum Gasteiger partial charge on any atom is -0.467 e. The smallest absolute Gasteiger partial charge is 0.320 e. The van der Waals surface area contributed by atoms with Gasteiger partial charge in [-0.2, -0.15) is 15.1 Å². The third-order valence-electron chi connectivity index (χ3n) is 6.14. The molecular weight excluding hydrogens is 394 g/mol. The molecule has 0 aliphatic carbocycles. The largest absolute Gasteiger partial charge is 0.467 e. The molecule has 31 heavy (non-hydrogen) atoms. The number of ether oxygens (including phenoxy) is 2. The number of morpholine rings is 1. The number of nitrogens with zero attached hydrogens (tertiary/aromatic N) is 7. The number of piperazine rings is 1. The van der Waals surface area contributed by atoms with Crippen LogP contribution in [-0.4, -0.2) is 91.3 Å². The Bertz CT molecular complexity index is 1070. The number of fused-ring (bicyclic) bond motifs is 1. The number of aryl methyl sites for hydroxylation is 1. The predicted molar refractivity (Wildman–Crippen MR) is 121 cm³/mol. The zero-order valence-electron chi connectivity index (χ0n) is 18.4. The molecule has 2 fully saturated rings. The standard InChI is InChI=1S/C22H29N7O2/c1-16-12-17-15-23-29(19(17)13-18(16)27-6-4-26(2)5-7-27)21-14-20(24-22(25-21)30-3)28-8-10-31-11-9-28/h12-15H,4-11H2,1-3H3. The topological polar surface area (TPSA) is 71.8 Å². The summed E-state index contributed by atoms with van der Waals surface area (Å²) in [6.07, 6.45) is 1.90. The van der Waals surface area contributed by atoms with Gasteiger partial charge in [0, 0.05) is 56.4 Å². The molecule has 0 amide bonds. The third-order valence-corrected chi connectivity index (χ3v) is 6.14. The van der Waals surface area contributed by atoms with Gasteiger partial charge in [0.1, 0.15) is 5.82 Å². The first-order valence-electron chi connectivity index (χ1n) is 10.8. The van der Waals surface area contributed by atoms with Crippen LogP contribution in [0.4, 0.5) is 11.5 Å². The van der Waals surface area contributed by atoms with Gasteiger partial charge < -0.3 is 24.2 Å². The number of methoxy groups -OCH3 is 1. The van der Waals surface area contributed by atoms with Crippen molar-refractivity contribution in [3.63, 3.8) is 0 Å². The summed E-state index contributed by atoms with van der Waals surface area (Å²) in [4.78, 5) is 16.2. The molecule has 2 saturated heterocycles. The van der Waals surface area contributed by atoms with E-state index in [1.165, 1.54) is 11.3 Å². The van der Waals surface area contributed by atoms with E-state index in [1.807, 2.05) is 16.9 Å². The summed E-state index contributed by atoms with van der Waals surface area (Å²) < 4.78 is 12.8. The average molecular weight is 424 g/mol. The molecule has 2 aliphatic heterocycles. The van der Waals surface area contributed by atoms with Gasteiger partial charge in [0.25, 0.3) is 0 Å². The van der Waals surface area contributed by atoms with Crippen molar-refractivity contribution in [1.29, 1.82) is 0 Å². The fourth-order valence-electron chi connectivity index (χ4n) is 4.30. The molecule has 5 rings (SSSR count). The van der Waals surface area contributed by atoms with E-state index in [1.54, 1.807) is 7.11 Å². The molecule has 2 aromatic heterocycles. The highest BCUT2D eigenvalue weighted by Crippen LogP contribution is 2.29. The molecule has 0 spiro atoms. The molecular formula is C22H29N7O2. The van der Waals surface area contributed by atoms with Gasteiger partial charge in [0.2, 0.25) is 0 Å². The van der Waals surface area contributed by atoms with Crippen molar-refractivity contribution in [2.45, 2.75) is 6.92 Å². The van der Waals surface area contributed by atoms with Crippen molar-refractivity contribution >= 4 is 22.4 Å². The number of benzene rings is 1. The zero-order valence-corrected chi connectivity index (χ0v) is 18.4. The molecule has 4 heterocycles. The molecule has 2 aliphatic rings. The van der Waals surface area contributed by atoms with Crippen LogP contribution in [0.1, 0.15) is 5.56 Å². The number of hydrogen-bond acceptors (Lipinski definition) is 8. The lowest BCUT2D eigenvalue weighted by Crippen LogP contribution is -2.44. The highest BCUT2D eigenvalue weighted by Gasteiger charge is 2.20. The van der Waals surface area contributed by atoms with E-state index in [0.717, 1.165) is 56.0 Å². The van der Waals surface area contributed by atoms with Crippen LogP contribution in [0.5, 0.6) is 6.01 Å². The second-order valence-electron chi connectivity index (χ2n) is 8.21. The Morgan fingerprint density at radius 3 is 2.39 bits per heavy atom. The summed E-state index contributed by atoms with van der Waals surface area (Å²) in [7, 11) is 3.77. The maximum atomic E-state index is 5.48. The number of likely N-dealkylation sites (N-methyl/N-ethyl adjacent to an activating group) is 1. The van der Waals surface area contributed by atoms with E-state index >= 15 is 0 Å². The SMILES string of the molecule is COc1nc(N2CCOCC2)cc(-n2ncc3cc(C)c(N4CCN(C)CC4)cc32)n1. The second kappa shape index (κ2) is 8.32. The minimum atomic E-state index is 0.342. The summed E-state index contributed by atoms with van der Waals surface area (Å²) in [5, 5.41) is 5.77. The molecule has 9 nitrogen and oxygen atoms in total. The van der Waals surface area contributed by atoms with Gasteiger partial charge in [-0.15, -0.1) is 0 Å². The van der Waals surface area contributed by atoms with Gasteiger partial charge >= 0.3 is 6.01 Å². The molecule has 0 N–H and O–H groups in total. The summed E-state index contributed by atoms with van der Waals surface area (Å²) in [5.41, 5.74) is 3.57. The Hall–Kier alpha value is -2.91. The fourth-order valence-corrected chi connectivity index (χ4v) is 4.30. The first-order chi connectivity index (χ1) is 15.1. The number of aromatic nitrogens is 4. The Morgan fingerprint density at radius 1 is 0.903 bits per heavy atom. The maximum absolute atomic E-state index is 5.48. The second-order valence-corrected chi connectivity index (χ2v) is 8.21. The molecule has 164 valence electrons. The molecule has 0 radical (unpaired) electrons. The lowest BCUT2D eigenvalue weighted by atomic mass is 10.1. The van der Waals surface area contributed by atoms with Crippen LogP contribution in [0, 0.1) is 6.92 Å². The maximum Gasteiger partial charge on any atom is 0.320 e. The lowest BCUT2D eigenvalue weighted by molar-refractivity contribution is 0.122. The van der Waals surface area contributed by atoms with Crippen molar-refractivity contribution in [1.82, 2.24) is 24.6 Å². The van der Waals surface area contributed by atoms with Gasteiger partial charge in [-0.3, -0.25) is 0 Å². The van der Waals surface area contributed by atoms with E-state index < -0.39 is 0 Å². The highest BCUT2D eigenvalue weighted by atomic mass is 16.5. The Morgan fingerprint density at radius 2 is 1.65 bits per heavy atom. The van der Waals surface area contributed by atoms with Gasteiger partial charge in [-0.25, -0.2) is 4.68 Å². The van der Waals surface area contributed by atoms with E-state index in [0.29, 0.717) is 25.0 Å². The van der Waals surface area contributed by atoms with E-state index in [2.05, 4.69) is 55.9 Å². The van der Waals surface area contributed by atoms with Gasteiger partial charge in [0.05, 0.1) is 32.0 Å². The van der Waals surface area contributed by atoms with Crippen molar-refractivity contribution in [2.24, 2.45) is 0 Å². The quantitative estimate of drug-likeness (QED) is 0.628. The van der Waals surface area contributed by atoms with Crippen LogP contribution >= 0.6 is 0 Å². The van der Waals surface area contributed by atoms with Crippen LogP contribution in [0.2, 0.25) is 0 Å². The molecule has 1 aromatic carbocycles. The number of rotatable bonds is 4. The summed E-state index contributed by atoms with van der Waals surface area (Å²) in [6, 6.07) is 6.78. The van der Waals surface area contributed by atoms with Gasteiger partial charge in [0.15, 0.2) is 5.82 Å². The molecule has 0 unspecified atom stereocenters. The predicted octanol–water partition coefficient (Wildman–Crippen LogP) is 1.72. The van der Waals surface area contributed by atoms with Crippen molar-refractivity contribution < 1.29 is 9.47 Å². The van der Waals surface area contributed by atoms with E-state index in [9.17, 15) is 0 Å². The summed E-state index contributed by atoms with van der Waals surface area (Å²) in [5.74, 6) is 1.54. The van der Waals surface area contributed by atoms with Crippen LogP contribution in [-0.2, 0) is 4.74 Å². The van der Waals surface area contributed by atoms with Gasteiger partial charge in [-0.05, 0) is 31.7 Å². The van der Waals surface area contributed by atoms with Crippen molar-refractivity contribution in [2.75, 3.05) is 76.4 Å². The number of hydrogen-bond donors (Lipinski definition) is 0. The zero-order chi connectivity index (χ0) is 21.4. The fraction of sp³-hybridized carbons (Fsp3) is 0.500. The molecule has 9 heteroatoms. The van der Waals surface area contributed by atoms with Crippen LogP contribution < -0.4 is 14.5 Å². The van der Waals surface area contributed by atoms with Crippen LogP contribution in [0.25, 0.3) is 16.7 Å². The Balaban J connectivity index is 1.56. The van der Waals surface area contributed by atoms with Crippen molar-refractivity contribution in [3.05, 3.63) is 30.0 Å². The van der Waals surface area contributed by atoms with Crippen LogP contribution in [0.15, 0.2) is 24.4 Å². The minimum absolute atomic E-state index is 0.342. The molecule has 0 saturated carbocycles. The number of anilines is 2. The molecule has 0 atom stereocenters. The Kier molecular flexibility index (Phi) is 5.37. The first kappa shape index (κ1) is 20.0. The van der Waals surface area contributed by atoms with Gasteiger partial charge in [-0.1, -0.05) is 0 Å². The summed E-state index contributed by atoms with van der Waals surface area (Å²) >= 11 is 0. The monoisotopic (exact) mass is 423 g/mol. The average Bonchev–Trinajstić information content (AvgIpc) is 3.22.